The minimum Gasteiger partial charge on any atom is -0.497 e. The Kier molecular flexibility index (Phi) is 4.71. The van der Waals surface area contributed by atoms with Gasteiger partial charge in [0.25, 0.3) is 0 Å². The molecule has 1 saturated carbocycles. The average molecular weight is 380 g/mol. The number of nitrogens with zero attached hydrogens (tertiary/aromatic N) is 1. The molecule has 1 aliphatic heterocycles. The molecule has 0 aromatic heterocycles. The number of amides is 2. The van der Waals surface area contributed by atoms with Gasteiger partial charge in [0, 0.05) is 19.2 Å². The van der Waals surface area contributed by atoms with E-state index in [4.69, 9.17) is 9.47 Å². The summed E-state index contributed by atoms with van der Waals surface area (Å²) in [5.74, 6) is 0.786. The molecule has 0 bridgehead atoms. The molecule has 4 rings (SSSR count). The molecule has 28 heavy (non-hydrogen) atoms. The summed E-state index contributed by atoms with van der Waals surface area (Å²) < 4.78 is 10.6. The molecule has 0 atom stereocenters. The van der Waals surface area contributed by atoms with Crippen LogP contribution in [-0.4, -0.2) is 37.5 Å². The van der Waals surface area contributed by atoms with E-state index in [1.54, 1.807) is 32.4 Å². The number of benzene rings is 2. The van der Waals surface area contributed by atoms with E-state index in [1.807, 2.05) is 17.0 Å². The fraction of sp³-hybridized carbons (Fsp3) is 0.364. The molecule has 146 valence electrons. The SMILES string of the molecule is COc1ccc(OC)c(NC(=O)C2(C(=O)N3CCc4ccccc4C3)CC2)c1. The summed E-state index contributed by atoms with van der Waals surface area (Å²) >= 11 is 0. The van der Waals surface area contributed by atoms with Crippen molar-refractivity contribution in [1.82, 2.24) is 4.90 Å². The zero-order chi connectivity index (χ0) is 19.7. The van der Waals surface area contributed by atoms with Gasteiger partial charge in [-0.3, -0.25) is 9.59 Å². The monoisotopic (exact) mass is 380 g/mol. The van der Waals surface area contributed by atoms with Crippen LogP contribution in [0.4, 0.5) is 5.69 Å². The topological polar surface area (TPSA) is 67.9 Å². The van der Waals surface area contributed by atoms with Gasteiger partial charge < -0.3 is 19.7 Å². The molecule has 1 heterocycles. The number of hydrogen-bond acceptors (Lipinski definition) is 4. The second-order valence-electron chi connectivity index (χ2n) is 7.35. The van der Waals surface area contributed by atoms with Gasteiger partial charge in [-0.25, -0.2) is 0 Å². The Hall–Kier alpha value is -3.02. The summed E-state index contributed by atoms with van der Waals surface area (Å²) in [6, 6.07) is 13.4. The number of fused-ring (bicyclic) bond motifs is 1. The van der Waals surface area contributed by atoms with Crippen LogP contribution < -0.4 is 14.8 Å². The fourth-order valence-corrected chi connectivity index (χ4v) is 3.79. The maximum absolute atomic E-state index is 13.2. The Morgan fingerprint density at radius 3 is 2.46 bits per heavy atom. The van der Waals surface area contributed by atoms with Crippen molar-refractivity contribution in [3.63, 3.8) is 0 Å². The molecule has 2 aromatic rings. The van der Waals surface area contributed by atoms with E-state index in [1.165, 1.54) is 5.56 Å². The van der Waals surface area contributed by atoms with Crippen molar-refractivity contribution in [1.29, 1.82) is 0 Å². The maximum atomic E-state index is 13.2. The van der Waals surface area contributed by atoms with Crippen LogP contribution >= 0.6 is 0 Å². The first-order valence-electron chi connectivity index (χ1n) is 9.47. The van der Waals surface area contributed by atoms with Crippen molar-refractivity contribution in [2.45, 2.75) is 25.8 Å². The van der Waals surface area contributed by atoms with Crippen LogP contribution in [0.3, 0.4) is 0 Å². The second-order valence-corrected chi connectivity index (χ2v) is 7.35. The molecule has 0 saturated heterocycles. The number of anilines is 1. The van der Waals surface area contributed by atoms with Gasteiger partial charge in [0.05, 0.1) is 19.9 Å². The number of hydrogen-bond donors (Lipinski definition) is 1. The van der Waals surface area contributed by atoms with Crippen molar-refractivity contribution in [2.24, 2.45) is 5.41 Å². The Balaban J connectivity index is 1.51. The van der Waals surface area contributed by atoms with Crippen LogP contribution in [0.25, 0.3) is 0 Å². The van der Waals surface area contributed by atoms with Crippen LogP contribution in [0.15, 0.2) is 42.5 Å². The zero-order valence-corrected chi connectivity index (χ0v) is 16.2. The molecule has 1 aliphatic carbocycles. The minimum absolute atomic E-state index is 0.0821. The third kappa shape index (κ3) is 3.19. The predicted octanol–water partition coefficient (Wildman–Crippen LogP) is 3.01. The summed E-state index contributed by atoms with van der Waals surface area (Å²) in [5.41, 5.74) is 1.98. The van der Waals surface area contributed by atoms with Gasteiger partial charge in [-0.2, -0.15) is 0 Å². The third-order valence-corrected chi connectivity index (χ3v) is 5.67. The molecule has 1 N–H and O–H groups in total. The zero-order valence-electron chi connectivity index (χ0n) is 16.2. The Labute approximate surface area is 164 Å². The van der Waals surface area contributed by atoms with Crippen LogP contribution in [0.5, 0.6) is 11.5 Å². The van der Waals surface area contributed by atoms with Gasteiger partial charge in [-0.05, 0) is 42.5 Å². The third-order valence-electron chi connectivity index (χ3n) is 5.67. The van der Waals surface area contributed by atoms with E-state index in [9.17, 15) is 9.59 Å². The normalized spacial score (nSPS) is 16.7. The molecular formula is C22H24N2O4. The fourth-order valence-electron chi connectivity index (χ4n) is 3.79. The van der Waals surface area contributed by atoms with Gasteiger partial charge in [-0.1, -0.05) is 24.3 Å². The Morgan fingerprint density at radius 2 is 1.79 bits per heavy atom. The number of rotatable bonds is 5. The minimum atomic E-state index is -0.972. The molecule has 6 nitrogen and oxygen atoms in total. The number of carbonyl (C=O) groups excluding carboxylic acids is 2. The standard InChI is InChI=1S/C22H24N2O4/c1-27-17-7-8-19(28-2)18(13-17)23-20(25)22(10-11-22)21(26)24-12-9-15-5-3-4-6-16(15)14-24/h3-8,13H,9-12,14H2,1-2H3,(H,23,25). The number of ether oxygens (including phenoxy) is 2. The first-order valence-corrected chi connectivity index (χ1v) is 9.47. The van der Waals surface area contributed by atoms with E-state index in [2.05, 4.69) is 17.4 Å². The van der Waals surface area contributed by atoms with E-state index in [0.717, 1.165) is 12.0 Å². The quantitative estimate of drug-likeness (QED) is 0.810. The second kappa shape index (κ2) is 7.19. The summed E-state index contributed by atoms with van der Waals surface area (Å²) in [7, 11) is 3.11. The molecule has 2 amide bonds. The molecule has 1 fully saturated rings. The lowest BCUT2D eigenvalue weighted by Gasteiger charge is -2.31. The number of carbonyl (C=O) groups is 2. The van der Waals surface area contributed by atoms with Gasteiger partial charge in [0.2, 0.25) is 11.8 Å². The summed E-state index contributed by atoms with van der Waals surface area (Å²) in [6.45, 7) is 1.21. The van der Waals surface area contributed by atoms with Crippen molar-refractivity contribution < 1.29 is 19.1 Å². The van der Waals surface area contributed by atoms with Crippen molar-refractivity contribution in [3.8, 4) is 11.5 Å². The predicted molar refractivity (Wildman–Crippen MR) is 105 cm³/mol. The number of nitrogens with one attached hydrogen (secondary N) is 1. The Bertz CT molecular complexity index is 921. The molecule has 6 heteroatoms. The average Bonchev–Trinajstić information content (AvgIpc) is 3.55. The highest BCUT2D eigenvalue weighted by Crippen LogP contribution is 2.49. The first kappa shape index (κ1) is 18.3. The van der Waals surface area contributed by atoms with E-state index >= 15 is 0 Å². The molecule has 0 spiro atoms. The molecule has 0 unspecified atom stereocenters. The van der Waals surface area contributed by atoms with Crippen LogP contribution in [0, 0.1) is 5.41 Å². The van der Waals surface area contributed by atoms with Crippen LogP contribution in [0.2, 0.25) is 0 Å². The van der Waals surface area contributed by atoms with Crippen molar-refractivity contribution in [2.75, 3.05) is 26.1 Å². The molecule has 0 radical (unpaired) electrons. The lowest BCUT2D eigenvalue weighted by molar-refractivity contribution is -0.143. The van der Waals surface area contributed by atoms with Crippen LogP contribution in [0.1, 0.15) is 24.0 Å². The highest BCUT2D eigenvalue weighted by molar-refractivity contribution is 6.13. The maximum Gasteiger partial charge on any atom is 0.240 e. The van der Waals surface area contributed by atoms with E-state index in [-0.39, 0.29) is 11.8 Å². The smallest absolute Gasteiger partial charge is 0.240 e. The van der Waals surface area contributed by atoms with Gasteiger partial charge in [0.15, 0.2) is 0 Å². The number of methoxy groups -OCH3 is 2. The van der Waals surface area contributed by atoms with Gasteiger partial charge in [0.1, 0.15) is 16.9 Å². The lowest BCUT2D eigenvalue weighted by Crippen LogP contribution is -2.45. The summed E-state index contributed by atoms with van der Waals surface area (Å²) in [4.78, 5) is 28.1. The Morgan fingerprint density at radius 1 is 1.04 bits per heavy atom. The first-order chi connectivity index (χ1) is 13.6. The van der Waals surface area contributed by atoms with E-state index in [0.29, 0.717) is 43.1 Å². The summed E-state index contributed by atoms with van der Waals surface area (Å²) in [5, 5.41) is 2.89. The highest BCUT2D eigenvalue weighted by atomic mass is 16.5. The van der Waals surface area contributed by atoms with Gasteiger partial charge >= 0.3 is 0 Å². The molecule has 2 aromatic carbocycles. The highest BCUT2D eigenvalue weighted by Gasteiger charge is 2.58. The van der Waals surface area contributed by atoms with Gasteiger partial charge in [-0.15, -0.1) is 0 Å². The molecule has 2 aliphatic rings. The molecular weight excluding hydrogens is 356 g/mol. The van der Waals surface area contributed by atoms with Crippen molar-refractivity contribution in [3.05, 3.63) is 53.6 Å². The lowest BCUT2D eigenvalue weighted by atomic mass is 9.97. The van der Waals surface area contributed by atoms with Crippen molar-refractivity contribution >= 4 is 17.5 Å². The summed E-state index contributed by atoms with van der Waals surface area (Å²) in [6.07, 6.45) is 1.97. The van der Waals surface area contributed by atoms with Crippen LogP contribution in [-0.2, 0) is 22.6 Å². The largest absolute Gasteiger partial charge is 0.497 e. The van der Waals surface area contributed by atoms with E-state index < -0.39 is 5.41 Å².